The zero-order valence-electron chi connectivity index (χ0n) is 14.1. The van der Waals surface area contributed by atoms with Crippen LogP contribution in [0.15, 0.2) is 47.6 Å². The summed E-state index contributed by atoms with van der Waals surface area (Å²) in [4.78, 5) is 0. The van der Waals surface area contributed by atoms with Crippen LogP contribution in [0.3, 0.4) is 0 Å². The van der Waals surface area contributed by atoms with Crippen LogP contribution in [0, 0.1) is 0 Å². The van der Waals surface area contributed by atoms with Crippen molar-refractivity contribution >= 4 is 6.21 Å². The van der Waals surface area contributed by atoms with Crippen molar-refractivity contribution in [2.75, 3.05) is 20.3 Å². The van der Waals surface area contributed by atoms with Crippen molar-refractivity contribution in [3.8, 4) is 17.2 Å². The minimum atomic E-state index is 0.382. The molecule has 0 heterocycles. The van der Waals surface area contributed by atoms with Crippen molar-refractivity contribution in [3.05, 3.63) is 53.6 Å². The molecular formula is C19H23NO4. The molecule has 5 heteroatoms. The number of benzene rings is 2. The lowest BCUT2D eigenvalue weighted by Crippen LogP contribution is -2.09. The van der Waals surface area contributed by atoms with Crippen molar-refractivity contribution in [1.82, 2.24) is 0 Å². The summed E-state index contributed by atoms with van der Waals surface area (Å²) in [6, 6.07) is 13.4. The van der Waals surface area contributed by atoms with Crippen LogP contribution < -0.4 is 14.2 Å². The van der Waals surface area contributed by atoms with Gasteiger partial charge in [-0.3, -0.25) is 0 Å². The van der Waals surface area contributed by atoms with E-state index in [9.17, 15) is 0 Å². The third-order valence-corrected chi connectivity index (χ3v) is 3.47. The lowest BCUT2D eigenvalue weighted by atomic mass is 10.1. The number of nitrogens with zero attached hydrogens (tertiary/aromatic N) is 1. The van der Waals surface area contributed by atoms with Crippen LogP contribution in [-0.2, 0) is 6.42 Å². The molecule has 0 amide bonds. The molecular weight excluding hydrogens is 306 g/mol. The Bertz CT molecular complexity index is 653. The van der Waals surface area contributed by atoms with Crippen molar-refractivity contribution in [2.24, 2.45) is 5.16 Å². The molecule has 128 valence electrons. The summed E-state index contributed by atoms with van der Waals surface area (Å²) in [5, 5.41) is 11.6. The topological polar surface area (TPSA) is 60.3 Å². The lowest BCUT2D eigenvalue weighted by molar-refractivity contribution is 0.211. The predicted octanol–water partition coefficient (Wildman–Crippen LogP) is 3.91. The second kappa shape index (κ2) is 9.45. The van der Waals surface area contributed by atoms with Gasteiger partial charge < -0.3 is 19.4 Å². The Balaban J connectivity index is 1.86. The fraction of sp³-hybridized carbons (Fsp3) is 0.316. The van der Waals surface area contributed by atoms with E-state index in [0.29, 0.717) is 24.7 Å². The van der Waals surface area contributed by atoms with Gasteiger partial charge in [0.05, 0.1) is 13.3 Å². The van der Waals surface area contributed by atoms with Crippen LogP contribution in [0.25, 0.3) is 0 Å². The smallest absolute Gasteiger partial charge is 0.161 e. The highest BCUT2D eigenvalue weighted by atomic mass is 16.5. The number of ether oxygens (including phenoxy) is 3. The van der Waals surface area contributed by atoms with Gasteiger partial charge in [0.15, 0.2) is 11.5 Å². The third kappa shape index (κ3) is 5.19. The van der Waals surface area contributed by atoms with E-state index in [1.165, 1.54) is 11.8 Å². The quantitative estimate of drug-likeness (QED) is 0.328. The SMILES string of the molecule is CCCc1ccc(OCCOc2cc(C=NO)ccc2OC)cc1. The monoisotopic (exact) mass is 329 g/mol. The molecule has 0 saturated heterocycles. The highest BCUT2D eigenvalue weighted by Gasteiger charge is 2.05. The first-order valence-electron chi connectivity index (χ1n) is 7.96. The molecule has 2 aromatic rings. The Labute approximate surface area is 142 Å². The average molecular weight is 329 g/mol. The predicted molar refractivity (Wildman–Crippen MR) is 93.8 cm³/mol. The fourth-order valence-corrected chi connectivity index (χ4v) is 2.31. The Kier molecular flexibility index (Phi) is 6.95. The molecule has 2 rings (SSSR count). The summed E-state index contributed by atoms with van der Waals surface area (Å²) in [6.07, 6.45) is 3.55. The van der Waals surface area contributed by atoms with Gasteiger partial charge in [0, 0.05) is 5.56 Å². The van der Waals surface area contributed by atoms with Gasteiger partial charge in [0.25, 0.3) is 0 Å². The summed E-state index contributed by atoms with van der Waals surface area (Å²) >= 11 is 0. The number of methoxy groups -OCH3 is 1. The molecule has 0 unspecified atom stereocenters. The maximum absolute atomic E-state index is 8.61. The molecule has 0 aliphatic carbocycles. The molecule has 0 atom stereocenters. The molecule has 1 N–H and O–H groups in total. The van der Waals surface area contributed by atoms with Gasteiger partial charge in [-0.2, -0.15) is 0 Å². The van der Waals surface area contributed by atoms with Crippen LogP contribution in [0.1, 0.15) is 24.5 Å². The van der Waals surface area contributed by atoms with Crippen LogP contribution in [0.5, 0.6) is 17.2 Å². The number of oxime groups is 1. The minimum Gasteiger partial charge on any atom is -0.493 e. The normalized spacial score (nSPS) is 10.8. The number of rotatable bonds is 9. The third-order valence-electron chi connectivity index (χ3n) is 3.47. The number of aryl methyl sites for hydroxylation is 1. The van der Waals surface area contributed by atoms with Gasteiger partial charge in [0.2, 0.25) is 0 Å². The summed E-state index contributed by atoms with van der Waals surface area (Å²) in [6.45, 7) is 2.97. The van der Waals surface area contributed by atoms with Crippen molar-refractivity contribution in [3.63, 3.8) is 0 Å². The average Bonchev–Trinajstić information content (AvgIpc) is 2.61. The van der Waals surface area contributed by atoms with E-state index in [2.05, 4.69) is 24.2 Å². The van der Waals surface area contributed by atoms with Crippen LogP contribution in [0.4, 0.5) is 0 Å². The summed E-state index contributed by atoms with van der Waals surface area (Å²) in [7, 11) is 1.58. The molecule has 0 bridgehead atoms. The summed E-state index contributed by atoms with van der Waals surface area (Å²) in [5.74, 6) is 2.03. The highest BCUT2D eigenvalue weighted by molar-refractivity contribution is 5.80. The molecule has 0 aromatic heterocycles. The van der Waals surface area contributed by atoms with Crippen molar-refractivity contribution in [1.29, 1.82) is 0 Å². The summed E-state index contributed by atoms with van der Waals surface area (Å²) < 4.78 is 16.6. The van der Waals surface area contributed by atoms with Crippen LogP contribution in [0.2, 0.25) is 0 Å². The number of hydrogen-bond donors (Lipinski definition) is 1. The molecule has 0 fully saturated rings. The standard InChI is InChI=1S/C19H23NO4/c1-3-4-15-5-8-17(9-6-15)23-11-12-24-19-13-16(14-20-21)7-10-18(19)22-2/h5-10,13-14,21H,3-4,11-12H2,1-2H3. The first-order chi connectivity index (χ1) is 11.8. The van der Waals surface area contributed by atoms with E-state index in [1.54, 1.807) is 25.3 Å². The molecule has 0 aliphatic heterocycles. The van der Waals surface area contributed by atoms with E-state index >= 15 is 0 Å². The van der Waals surface area contributed by atoms with E-state index in [1.807, 2.05) is 12.1 Å². The molecule has 5 nitrogen and oxygen atoms in total. The van der Waals surface area contributed by atoms with Crippen molar-refractivity contribution in [2.45, 2.75) is 19.8 Å². The van der Waals surface area contributed by atoms with E-state index in [-0.39, 0.29) is 0 Å². The Morgan fingerprint density at radius 1 is 1.00 bits per heavy atom. The zero-order chi connectivity index (χ0) is 17.2. The van der Waals surface area contributed by atoms with Crippen molar-refractivity contribution < 1.29 is 19.4 Å². The summed E-state index contributed by atoms with van der Waals surface area (Å²) in [5.41, 5.74) is 2.04. The largest absolute Gasteiger partial charge is 0.493 e. The van der Waals surface area contributed by atoms with Crippen LogP contribution >= 0.6 is 0 Å². The van der Waals surface area contributed by atoms with Gasteiger partial charge in [0.1, 0.15) is 19.0 Å². The van der Waals surface area contributed by atoms with E-state index in [4.69, 9.17) is 19.4 Å². The maximum atomic E-state index is 8.61. The Morgan fingerprint density at radius 3 is 2.42 bits per heavy atom. The van der Waals surface area contributed by atoms with E-state index in [0.717, 1.165) is 24.2 Å². The molecule has 0 saturated carbocycles. The first-order valence-corrected chi connectivity index (χ1v) is 7.96. The van der Waals surface area contributed by atoms with Gasteiger partial charge >= 0.3 is 0 Å². The van der Waals surface area contributed by atoms with Crippen LogP contribution in [-0.4, -0.2) is 31.7 Å². The Morgan fingerprint density at radius 2 is 1.75 bits per heavy atom. The Hall–Kier alpha value is -2.69. The zero-order valence-corrected chi connectivity index (χ0v) is 14.1. The first kappa shape index (κ1) is 17.7. The fourth-order valence-electron chi connectivity index (χ4n) is 2.31. The van der Waals surface area contributed by atoms with Gasteiger partial charge in [-0.05, 0) is 42.3 Å². The lowest BCUT2D eigenvalue weighted by Gasteiger charge is -2.12. The van der Waals surface area contributed by atoms with Gasteiger partial charge in [-0.1, -0.05) is 30.6 Å². The molecule has 2 aromatic carbocycles. The second-order valence-corrected chi connectivity index (χ2v) is 5.25. The molecule has 0 radical (unpaired) electrons. The minimum absolute atomic E-state index is 0.382. The second-order valence-electron chi connectivity index (χ2n) is 5.25. The van der Waals surface area contributed by atoms with Gasteiger partial charge in [-0.25, -0.2) is 0 Å². The molecule has 0 aliphatic rings. The maximum Gasteiger partial charge on any atom is 0.161 e. The molecule has 0 spiro atoms. The van der Waals surface area contributed by atoms with E-state index < -0.39 is 0 Å². The number of hydrogen-bond acceptors (Lipinski definition) is 5. The van der Waals surface area contributed by atoms with Gasteiger partial charge in [-0.15, -0.1) is 0 Å². The highest BCUT2D eigenvalue weighted by Crippen LogP contribution is 2.27. The molecule has 24 heavy (non-hydrogen) atoms.